The van der Waals surface area contributed by atoms with Crippen molar-refractivity contribution >= 4 is 11.4 Å². The Hall–Kier alpha value is -2.44. The van der Waals surface area contributed by atoms with Gasteiger partial charge in [-0.15, -0.1) is 0 Å². The maximum atomic E-state index is 13.3. The van der Waals surface area contributed by atoms with Crippen LogP contribution >= 0.6 is 0 Å². The topological polar surface area (TPSA) is 73.0 Å². The van der Waals surface area contributed by atoms with E-state index in [-0.39, 0.29) is 6.04 Å². The van der Waals surface area contributed by atoms with Gasteiger partial charge in [-0.25, -0.2) is 0 Å². The minimum atomic E-state index is -0.842. The fourth-order valence-corrected chi connectivity index (χ4v) is 2.11. The van der Waals surface area contributed by atoms with Crippen LogP contribution in [0.15, 0.2) is 24.4 Å². The number of nitrogens with one attached hydrogen (secondary N) is 1. The zero-order chi connectivity index (χ0) is 14.9. The third-order valence-electron chi connectivity index (χ3n) is 3.04. The van der Waals surface area contributed by atoms with Crippen LogP contribution in [-0.4, -0.2) is 14.7 Å². The molecule has 2 rings (SSSR count). The van der Waals surface area contributed by atoms with Crippen molar-refractivity contribution in [3.63, 3.8) is 0 Å². The van der Waals surface area contributed by atoms with Crippen LogP contribution in [-0.2, 0) is 7.05 Å². The third kappa shape index (κ3) is 2.76. The zero-order valence-corrected chi connectivity index (χ0v) is 11.4. The normalized spacial score (nSPS) is 12.2. The average Bonchev–Trinajstić information content (AvgIpc) is 2.70. The molecule has 1 aromatic heterocycles. The van der Waals surface area contributed by atoms with Gasteiger partial charge in [-0.05, 0) is 26.0 Å². The highest BCUT2D eigenvalue weighted by molar-refractivity contribution is 5.53. The molecule has 106 valence electrons. The molecule has 1 N–H and O–H groups in total. The van der Waals surface area contributed by atoms with Gasteiger partial charge < -0.3 is 5.32 Å². The van der Waals surface area contributed by atoms with Crippen LogP contribution in [0.1, 0.15) is 24.2 Å². The lowest BCUT2D eigenvalue weighted by atomic mass is 10.1. The van der Waals surface area contributed by atoms with Crippen molar-refractivity contribution in [2.45, 2.75) is 19.9 Å². The molecule has 2 aromatic rings. The van der Waals surface area contributed by atoms with Crippen molar-refractivity contribution in [3.8, 4) is 0 Å². The van der Waals surface area contributed by atoms with Gasteiger partial charge in [0, 0.05) is 30.6 Å². The molecular weight excluding hydrogens is 263 g/mol. The van der Waals surface area contributed by atoms with Gasteiger partial charge in [0.25, 0.3) is 0 Å². The molecule has 0 spiro atoms. The average molecular weight is 278 g/mol. The van der Waals surface area contributed by atoms with Crippen molar-refractivity contribution in [1.82, 2.24) is 9.78 Å². The second-order valence-electron chi connectivity index (χ2n) is 4.63. The molecule has 0 saturated heterocycles. The molecule has 0 amide bonds. The summed E-state index contributed by atoms with van der Waals surface area (Å²) in [6.07, 6.45) is 1.88. The van der Waals surface area contributed by atoms with Crippen LogP contribution in [0.3, 0.4) is 0 Å². The van der Waals surface area contributed by atoms with E-state index in [1.807, 2.05) is 27.1 Å². The number of rotatable bonds is 4. The largest absolute Gasteiger partial charge is 0.378 e. The first kappa shape index (κ1) is 14.0. The number of halogens is 1. The number of aryl methyl sites for hydroxylation is 2. The predicted molar refractivity (Wildman–Crippen MR) is 73.0 cm³/mol. The minimum Gasteiger partial charge on any atom is -0.378 e. The maximum absolute atomic E-state index is 13.3. The van der Waals surface area contributed by atoms with Crippen LogP contribution in [0, 0.1) is 22.9 Å². The maximum Gasteiger partial charge on any atom is 0.306 e. The van der Waals surface area contributed by atoms with Gasteiger partial charge in [-0.3, -0.25) is 14.8 Å². The molecule has 0 bridgehead atoms. The highest BCUT2D eigenvalue weighted by atomic mass is 19.1. The molecule has 0 aliphatic rings. The molecule has 1 atom stereocenters. The number of hydrogen-bond acceptors (Lipinski definition) is 4. The molecule has 1 aromatic carbocycles. The number of nitro benzene ring substituents is 1. The van der Waals surface area contributed by atoms with Crippen molar-refractivity contribution in [1.29, 1.82) is 0 Å². The molecule has 0 saturated carbocycles. The van der Waals surface area contributed by atoms with E-state index in [9.17, 15) is 14.5 Å². The van der Waals surface area contributed by atoms with Gasteiger partial charge in [-0.1, -0.05) is 0 Å². The zero-order valence-electron chi connectivity index (χ0n) is 11.4. The summed E-state index contributed by atoms with van der Waals surface area (Å²) in [5.41, 5.74) is 1.82. The van der Waals surface area contributed by atoms with Crippen LogP contribution < -0.4 is 5.32 Å². The number of anilines is 1. The SMILES string of the molecule is Cc1nn(C)cc1C(C)Nc1ccc(F)c([N+](=O)[O-])c1. The van der Waals surface area contributed by atoms with Crippen LogP contribution in [0.4, 0.5) is 15.8 Å². The second kappa shape index (κ2) is 5.28. The van der Waals surface area contributed by atoms with Gasteiger partial charge >= 0.3 is 5.69 Å². The molecule has 20 heavy (non-hydrogen) atoms. The van der Waals surface area contributed by atoms with Crippen molar-refractivity contribution in [2.24, 2.45) is 7.05 Å². The lowest BCUT2D eigenvalue weighted by Gasteiger charge is -2.14. The fourth-order valence-electron chi connectivity index (χ4n) is 2.11. The summed E-state index contributed by atoms with van der Waals surface area (Å²) in [7, 11) is 1.83. The first-order valence-electron chi connectivity index (χ1n) is 6.09. The van der Waals surface area contributed by atoms with Gasteiger partial charge in [0.05, 0.1) is 16.7 Å². The molecule has 0 radical (unpaired) electrons. The van der Waals surface area contributed by atoms with E-state index >= 15 is 0 Å². The first-order chi connectivity index (χ1) is 9.38. The Morgan fingerprint density at radius 1 is 1.50 bits per heavy atom. The molecule has 7 heteroatoms. The number of hydrogen-bond donors (Lipinski definition) is 1. The number of benzene rings is 1. The number of nitro groups is 1. The number of nitrogens with zero attached hydrogens (tertiary/aromatic N) is 3. The van der Waals surface area contributed by atoms with E-state index in [4.69, 9.17) is 0 Å². The molecule has 0 fully saturated rings. The van der Waals surface area contributed by atoms with E-state index in [2.05, 4.69) is 10.4 Å². The Bertz CT molecular complexity index is 654. The summed E-state index contributed by atoms with van der Waals surface area (Å²) in [6.45, 7) is 3.81. The van der Waals surface area contributed by atoms with Gasteiger partial charge in [0.2, 0.25) is 5.82 Å². The Balaban J connectivity index is 2.24. The molecular formula is C13H15FN4O2. The van der Waals surface area contributed by atoms with Gasteiger partial charge in [0.15, 0.2) is 0 Å². The summed E-state index contributed by atoms with van der Waals surface area (Å²) in [6, 6.07) is 3.67. The monoisotopic (exact) mass is 278 g/mol. The smallest absolute Gasteiger partial charge is 0.306 e. The summed E-state index contributed by atoms with van der Waals surface area (Å²) >= 11 is 0. The number of aromatic nitrogens is 2. The minimum absolute atomic E-state index is 0.0891. The Morgan fingerprint density at radius 2 is 2.20 bits per heavy atom. The van der Waals surface area contributed by atoms with Gasteiger partial charge in [-0.2, -0.15) is 9.49 Å². The summed E-state index contributed by atoms with van der Waals surface area (Å²) in [5, 5.41) is 18.1. The van der Waals surface area contributed by atoms with E-state index in [1.165, 1.54) is 12.1 Å². The molecule has 0 aliphatic carbocycles. The van der Waals surface area contributed by atoms with Crippen molar-refractivity contribution in [3.05, 3.63) is 51.6 Å². The van der Waals surface area contributed by atoms with Crippen molar-refractivity contribution in [2.75, 3.05) is 5.32 Å². The quantitative estimate of drug-likeness (QED) is 0.689. The van der Waals surface area contributed by atoms with E-state index in [1.54, 1.807) is 4.68 Å². The molecule has 1 unspecified atom stereocenters. The molecule has 0 aliphatic heterocycles. The Labute approximate surface area is 115 Å². The lowest BCUT2D eigenvalue weighted by Crippen LogP contribution is -2.07. The summed E-state index contributed by atoms with van der Waals surface area (Å²) in [4.78, 5) is 9.98. The van der Waals surface area contributed by atoms with E-state index in [0.29, 0.717) is 5.69 Å². The van der Waals surface area contributed by atoms with Crippen molar-refractivity contribution < 1.29 is 9.31 Å². The highest BCUT2D eigenvalue weighted by Gasteiger charge is 2.16. The fraction of sp³-hybridized carbons (Fsp3) is 0.308. The Kier molecular flexibility index (Phi) is 3.69. The lowest BCUT2D eigenvalue weighted by molar-refractivity contribution is -0.387. The van der Waals surface area contributed by atoms with Crippen LogP contribution in [0.5, 0.6) is 0 Å². The van der Waals surface area contributed by atoms with Crippen LogP contribution in [0.25, 0.3) is 0 Å². The third-order valence-corrected chi connectivity index (χ3v) is 3.04. The predicted octanol–water partition coefficient (Wildman–Crippen LogP) is 2.95. The second-order valence-corrected chi connectivity index (χ2v) is 4.63. The first-order valence-corrected chi connectivity index (χ1v) is 6.09. The summed E-state index contributed by atoms with van der Waals surface area (Å²) in [5.74, 6) is -0.842. The van der Waals surface area contributed by atoms with Gasteiger partial charge in [0.1, 0.15) is 0 Å². The van der Waals surface area contributed by atoms with Crippen LogP contribution in [0.2, 0.25) is 0 Å². The summed E-state index contributed by atoms with van der Waals surface area (Å²) < 4.78 is 15.0. The molecule has 6 nitrogen and oxygen atoms in total. The van der Waals surface area contributed by atoms with E-state index in [0.717, 1.165) is 17.3 Å². The molecule has 1 heterocycles. The van der Waals surface area contributed by atoms with E-state index < -0.39 is 16.4 Å². The Morgan fingerprint density at radius 3 is 2.75 bits per heavy atom. The highest BCUT2D eigenvalue weighted by Crippen LogP contribution is 2.26. The standard InChI is InChI=1S/C13H15FN4O2/c1-8(11-7-17(3)16-9(11)2)15-10-4-5-12(14)13(6-10)18(19)20/h4-8,15H,1-3H3.